The lowest BCUT2D eigenvalue weighted by atomic mass is 10.1. The van der Waals surface area contributed by atoms with Gasteiger partial charge in [-0.1, -0.05) is 30.3 Å². The van der Waals surface area contributed by atoms with Crippen LogP contribution in [0.1, 0.15) is 42.5 Å². The zero-order chi connectivity index (χ0) is 27.8. The Labute approximate surface area is 231 Å². The van der Waals surface area contributed by atoms with Crippen LogP contribution in [-0.2, 0) is 23.9 Å². The maximum atomic E-state index is 12.9. The molecule has 39 heavy (non-hydrogen) atoms. The number of unbranched alkanes of at least 4 members (excludes halogenated alkanes) is 2. The summed E-state index contributed by atoms with van der Waals surface area (Å²) >= 11 is 1.55. The van der Waals surface area contributed by atoms with Crippen molar-refractivity contribution < 1.29 is 38.5 Å². The number of fused-ring (bicyclic) bond motifs is 2. The van der Waals surface area contributed by atoms with Gasteiger partial charge in [-0.05, 0) is 49.6 Å². The number of hydrogen-bond donors (Lipinski definition) is 2. The summed E-state index contributed by atoms with van der Waals surface area (Å²) in [4.78, 5) is 51.8. The number of carboxylic acids is 1. The van der Waals surface area contributed by atoms with E-state index in [0.29, 0.717) is 43.1 Å². The van der Waals surface area contributed by atoms with Crippen LogP contribution in [-0.4, -0.2) is 73.2 Å². The van der Waals surface area contributed by atoms with Crippen molar-refractivity contribution in [1.29, 1.82) is 0 Å². The number of para-hydroxylation sites is 1. The Balaban J connectivity index is 1.23. The van der Waals surface area contributed by atoms with E-state index in [9.17, 15) is 24.3 Å². The molecule has 4 rings (SSSR count). The molecule has 208 valence electrons. The minimum Gasteiger partial charge on any atom is -0.480 e. The van der Waals surface area contributed by atoms with E-state index < -0.39 is 23.8 Å². The molecular weight excluding hydrogens is 524 g/mol. The number of carbonyl (C=O) groups excluding carboxylic acids is 3. The first-order chi connectivity index (χ1) is 18.9. The smallest absolute Gasteiger partial charge is 0.326 e. The van der Waals surface area contributed by atoms with Gasteiger partial charge in [0.05, 0.1) is 30.1 Å². The molecule has 2 aliphatic rings. The maximum absolute atomic E-state index is 12.9. The number of likely N-dealkylation sites (tertiary alicyclic amines) is 1. The van der Waals surface area contributed by atoms with Gasteiger partial charge in [0.1, 0.15) is 17.5 Å². The molecule has 1 saturated heterocycles. The van der Waals surface area contributed by atoms with Gasteiger partial charge in [0, 0.05) is 31.1 Å². The summed E-state index contributed by atoms with van der Waals surface area (Å²) in [5, 5.41) is 12.3. The highest BCUT2D eigenvalue weighted by molar-refractivity contribution is 7.99. The number of carboxylic acid groups (broad SMARTS) is 1. The summed E-state index contributed by atoms with van der Waals surface area (Å²) in [6.45, 7) is 0.768. The lowest BCUT2D eigenvalue weighted by Gasteiger charge is -2.22. The average Bonchev–Trinajstić information content (AvgIpc) is 3.38. The van der Waals surface area contributed by atoms with E-state index in [4.69, 9.17) is 9.47 Å². The molecule has 2 aromatic rings. The Kier molecular flexibility index (Phi) is 9.83. The van der Waals surface area contributed by atoms with Crippen molar-refractivity contribution in [1.82, 2.24) is 10.2 Å². The highest BCUT2D eigenvalue weighted by atomic mass is 32.2. The van der Waals surface area contributed by atoms with Gasteiger partial charge < -0.3 is 29.5 Å². The van der Waals surface area contributed by atoms with Crippen LogP contribution in [0.2, 0.25) is 0 Å². The van der Waals surface area contributed by atoms with Crippen molar-refractivity contribution in [3.8, 4) is 11.5 Å². The van der Waals surface area contributed by atoms with Gasteiger partial charge in [0.25, 0.3) is 5.91 Å². The van der Waals surface area contributed by atoms with E-state index in [2.05, 4.69) is 10.1 Å². The Hall–Kier alpha value is -3.57. The van der Waals surface area contributed by atoms with E-state index in [1.165, 1.54) is 12.0 Å². The first-order valence-corrected chi connectivity index (χ1v) is 13.7. The number of benzene rings is 2. The predicted molar refractivity (Wildman–Crippen MR) is 142 cm³/mol. The Morgan fingerprint density at radius 2 is 1.87 bits per heavy atom. The van der Waals surface area contributed by atoms with Crippen LogP contribution in [0, 0.1) is 5.92 Å². The van der Waals surface area contributed by atoms with Crippen LogP contribution in [0.5, 0.6) is 11.5 Å². The lowest BCUT2D eigenvalue weighted by Crippen LogP contribution is -2.45. The molecule has 11 heteroatoms. The zero-order valence-electron chi connectivity index (χ0n) is 21.7. The quantitative estimate of drug-likeness (QED) is 0.253. The van der Waals surface area contributed by atoms with E-state index in [1.54, 1.807) is 30.0 Å². The molecule has 2 aliphatic heterocycles. The topological polar surface area (TPSA) is 131 Å². The molecule has 2 atom stereocenters. The van der Waals surface area contributed by atoms with Gasteiger partial charge in [-0.2, -0.15) is 0 Å². The first kappa shape index (κ1) is 28.4. The number of aliphatic carboxylic acids is 1. The average molecular weight is 557 g/mol. The summed E-state index contributed by atoms with van der Waals surface area (Å²) in [6.07, 6.45) is 2.99. The largest absolute Gasteiger partial charge is 0.480 e. The predicted octanol–water partition coefficient (Wildman–Crippen LogP) is 3.73. The molecule has 0 radical (unpaired) electrons. The SMILES string of the molecule is COC(=O)CCCCCOCC1C[C@@H](C(=O)O)N(C(=O)CNC(=O)c2ccc3c(c2)Oc2ccccc2S3)C1. The second-order valence-electron chi connectivity index (χ2n) is 9.46. The number of esters is 1. The molecule has 1 fully saturated rings. The number of amides is 2. The van der Waals surface area contributed by atoms with E-state index in [-0.39, 0.29) is 25.0 Å². The van der Waals surface area contributed by atoms with E-state index in [0.717, 1.165) is 29.1 Å². The second-order valence-corrected chi connectivity index (χ2v) is 10.5. The molecule has 0 saturated carbocycles. The van der Waals surface area contributed by atoms with Gasteiger partial charge in [-0.3, -0.25) is 14.4 Å². The standard InChI is InChI=1S/C28H32N2O8S/c1-36-26(32)9-3-2-6-12-37-17-18-13-20(28(34)35)30(16-18)25(31)15-29-27(33)19-10-11-24-22(14-19)38-21-7-4-5-8-23(21)39-24/h4-5,7-8,10-11,14,18,20H,2-3,6,9,12-13,15-17H2,1H3,(H,29,33)(H,34,35)/t18?,20-/m0/s1. The fraction of sp³-hybridized carbons (Fsp3) is 0.429. The summed E-state index contributed by atoms with van der Waals surface area (Å²) in [5.74, 6) is -1.05. The minimum absolute atomic E-state index is 0.112. The van der Waals surface area contributed by atoms with Gasteiger partial charge in [-0.15, -0.1) is 0 Å². The van der Waals surface area contributed by atoms with Crippen molar-refractivity contribution in [2.75, 3.05) is 33.4 Å². The lowest BCUT2D eigenvalue weighted by molar-refractivity contribution is -0.147. The molecule has 0 aliphatic carbocycles. The summed E-state index contributed by atoms with van der Waals surface area (Å²) in [5.41, 5.74) is 0.343. The normalized spacial score (nSPS) is 17.5. The summed E-state index contributed by atoms with van der Waals surface area (Å²) < 4.78 is 16.2. The minimum atomic E-state index is -1.08. The molecule has 2 amide bonds. The molecule has 0 bridgehead atoms. The second kappa shape index (κ2) is 13.5. The molecule has 0 aromatic heterocycles. The number of nitrogens with one attached hydrogen (secondary N) is 1. The van der Waals surface area contributed by atoms with Crippen molar-refractivity contribution in [2.24, 2.45) is 5.92 Å². The number of nitrogens with zero attached hydrogens (tertiary/aromatic N) is 1. The molecule has 0 spiro atoms. The van der Waals surface area contributed by atoms with Crippen LogP contribution < -0.4 is 10.1 Å². The third kappa shape index (κ3) is 7.51. The molecule has 1 unspecified atom stereocenters. The monoisotopic (exact) mass is 556 g/mol. The van der Waals surface area contributed by atoms with Gasteiger partial charge in [0.15, 0.2) is 0 Å². The fourth-order valence-electron chi connectivity index (χ4n) is 4.58. The van der Waals surface area contributed by atoms with Crippen LogP contribution in [0.4, 0.5) is 0 Å². The van der Waals surface area contributed by atoms with Crippen molar-refractivity contribution in [3.05, 3.63) is 48.0 Å². The number of hydrogen-bond acceptors (Lipinski definition) is 8. The zero-order valence-corrected chi connectivity index (χ0v) is 22.5. The molecular formula is C28H32N2O8S. The molecule has 2 N–H and O–H groups in total. The summed E-state index contributed by atoms with van der Waals surface area (Å²) in [7, 11) is 1.36. The van der Waals surface area contributed by atoms with Crippen molar-refractivity contribution in [2.45, 2.75) is 47.9 Å². The van der Waals surface area contributed by atoms with E-state index >= 15 is 0 Å². The molecule has 2 heterocycles. The maximum Gasteiger partial charge on any atom is 0.326 e. The van der Waals surface area contributed by atoms with Gasteiger partial charge >= 0.3 is 11.9 Å². The first-order valence-electron chi connectivity index (χ1n) is 12.9. The third-order valence-electron chi connectivity index (χ3n) is 6.64. The number of carbonyl (C=O) groups is 4. The van der Waals surface area contributed by atoms with Gasteiger partial charge in [0.2, 0.25) is 5.91 Å². The molecule has 10 nitrogen and oxygen atoms in total. The number of ether oxygens (including phenoxy) is 3. The van der Waals surface area contributed by atoms with Crippen LogP contribution in [0.25, 0.3) is 0 Å². The van der Waals surface area contributed by atoms with Crippen LogP contribution in [0.15, 0.2) is 52.3 Å². The Morgan fingerprint density at radius 1 is 1.08 bits per heavy atom. The van der Waals surface area contributed by atoms with Crippen LogP contribution >= 0.6 is 11.8 Å². The van der Waals surface area contributed by atoms with Crippen LogP contribution in [0.3, 0.4) is 0 Å². The Bertz CT molecular complexity index is 1220. The highest BCUT2D eigenvalue weighted by Gasteiger charge is 2.39. The summed E-state index contributed by atoms with van der Waals surface area (Å²) in [6, 6.07) is 11.8. The Morgan fingerprint density at radius 3 is 2.67 bits per heavy atom. The number of methoxy groups -OCH3 is 1. The molecule has 2 aromatic carbocycles. The highest BCUT2D eigenvalue weighted by Crippen LogP contribution is 2.46. The third-order valence-corrected chi connectivity index (χ3v) is 7.75. The fourth-order valence-corrected chi connectivity index (χ4v) is 5.52. The van der Waals surface area contributed by atoms with Crippen molar-refractivity contribution in [3.63, 3.8) is 0 Å². The van der Waals surface area contributed by atoms with E-state index in [1.807, 2.05) is 24.3 Å². The van der Waals surface area contributed by atoms with Crippen molar-refractivity contribution >= 4 is 35.5 Å². The van der Waals surface area contributed by atoms with Gasteiger partial charge in [-0.25, -0.2) is 4.79 Å². The number of rotatable bonds is 12.